The molecule has 0 unspecified atom stereocenters. The summed E-state index contributed by atoms with van der Waals surface area (Å²) in [6, 6.07) is 14.1. The first-order valence-electron chi connectivity index (χ1n) is 8.38. The number of furan rings is 1. The monoisotopic (exact) mass is 423 g/mol. The second kappa shape index (κ2) is 9.11. The van der Waals surface area contributed by atoms with Crippen molar-refractivity contribution >= 4 is 39.9 Å². The highest BCUT2D eigenvalue weighted by Crippen LogP contribution is 2.24. The quantitative estimate of drug-likeness (QED) is 0.428. The van der Waals surface area contributed by atoms with Crippen molar-refractivity contribution in [3.63, 3.8) is 0 Å². The number of hydrogen-bond acceptors (Lipinski definition) is 6. The Bertz CT molecular complexity index is 1160. The Morgan fingerprint density at radius 3 is 2.86 bits per heavy atom. The van der Waals surface area contributed by atoms with Crippen molar-refractivity contribution in [3.05, 3.63) is 75.0 Å². The number of carbonyl (C=O) groups excluding carboxylic acids is 1. The third-order valence-electron chi connectivity index (χ3n) is 3.86. The van der Waals surface area contributed by atoms with Crippen molar-refractivity contribution in [2.45, 2.75) is 13.5 Å². The van der Waals surface area contributed by atoms with Crippen LogP contribution < -0.4 is 10.1 Å². The summed E-state index contributed by atoms with van der Waals surface area (Å²) in [5.74, 6) is 0.917. The van der Waals surface area contributed by atoms with Crippen LogP contribution in [0.1, 0.15) is 22.6 Å². The van der Waals surface area contributed by atoms with E-state index in [0.29, 0.717) is 32.9 Å². The van der Waals surface area contributed by atoms with E-state index < -0.39 is 5.91 Å². The van der Waals surface area contributed by atoms with Crippen LogP contribution in [0.25, 0.3) is 6.08 Å². The Kier molecular flexibility index (Phi) is 6.36. The molecule has 0 fully saturated rings. The van der Waals surface area contributed by atoms with E-state index in [-0.39, 0.29) is 12.2 Å². The molecule has 0 spiro atoms. The molecule has 8 heteroatoms. The van der Waals surface area contributed by atoms with Gasteiger partial charge in [0.05, 0.1) is 5.56 Å². The molecular weight excluding hydrogens is 410 g/mol. The van der Waals surface area contributed by atoms with Gasteiger partial charge in [-0.2, -0.15) is 10.5 Å². The SMILES string of the molecule is Cc1cc(OCc2ccc(/C=C(\C#N)C(=O)Nc3sccc3C#N)o2)ccc1Cl. The maximum absolute atomic E-state index is 12.3. The lowest BCUT2D eigenvalue weighted by Gasteiger charge is -2.06. The lowest BCUT2D eigenvalue weighted by molar-refractivity contribution is -0.112. The molecule has 1 N–H and O–H groups in total. The highest BCUT2D eigenvalue weighted by atomic mass is 35.5. The van der Waals surface area contributed by atoms with Crippen LogP contribution in [0.5, 0.6) is 5.75 Å². The number of rotatable bonds is 6. The van der Waals surface area contributed by atoms with E-state index >= 15 is 0 Å². The van der Waals surface area contributed by atoms with Crippen LogP contribution in [0.2, 0.25) is 5.02 Å². The predicted octanol–water partition coefficient (Wildman–Crippen LogP) is 5.30. The standard InChI is InChI=1S/C21H14ClN3O3S/c1-13-8-16(4-5-19(13)22)27-12-18-3-2-17(28-18)9-15(11-24)20(26)25-21-14(10-23)6-7-29-21/h2-9H,12H2,1H3,(H,25,26)/b15-9+. The van der Waals surface area contributed by atoms with E-state index in [0.717, 1.165) is 5.56 Å². The van der Waals surface area contributed by atoms with Crippen LogP contribution in [-0.2, 0) is 11.4 Å². The van der Waals surface area contributed by atoms with Crippen molar-refractivity contribution in [2.75, 3.05) is 5.32 Å². The minimum absolute atomic E-state index is 0.141. The first-order valence-corrected chi connectivity index (χ1v) is 9.64. The van der Waals surface area contributed by atoms with E-state index in [1.165, 1.54) is 17.4 Å². The number of anilines is 1. The third-order valence-corrected chi connectivity index (χ3v) is 5.11. The fourth-order valence-electron chi connectivity index (χ4n) is 2.37. The van der Waals surface area contributed by atoms with Crippen molar-refractivity contribution in [1.29, 1.82) is 10.5 Å². The predicted molar refractivity (Wildman–Crippen MR) is 110 cm³/mol. The van der Waals surface area contributed by atoms with Crippen LogP contribution in [0, 0.1) is 29.6 Å². The molecule has 2 heterocycles. The largest absolute Gasteiger partial charge is 0.486 e. The van der Waals surface area contributed by atoms with Gasteiger partial charge in [-0.1, -0.05) is 11.6 Å². The second-order valence-corrected chi connectivity index (χ2v) is 7.23. The number of nitrogens with zero attached hydrogens (tertiary/aromatic N) is 2. The zero-order chi connectivity index (χ0) is 20.8. The highest BCUT2D eigenvalue weighted by molar-refractivity contribution is 7.14. The summed E-state index contributed by atoms with van der Waals surface area (Å²) in [7, 11) is 0. The molecule has 1 aromatic carbocycles. The fourth-order valence-corrected chi connectivity index (χ4v) is 3.22. The van der Waals surface area contributed by atoms with E-state index in [4.69, 9.17) is 26.0 Å². The average molecular weight is 424 g/mol. The number of aryl methyl sites for hydroxylation is 1. The Morgan fingerprint density at radius 2 is 2.14 bits per heavy atom. The molecule has 0 aliphatic heterocycles. The summed E-state index contributed by atoms with van der Waals surface area (Å²) < 4.78 is 11.3. The number of nitrogens with one attached hydrogen (secondary N) is 1. The van der Waals surface area contributed by atoms with Gasteiger partial charge < -0.3 is 14.5 Å². The molecule has 29 heavy (non-hydrogen) atoms. The number of benzene rings is 1. The van der Waals surface area contributed by atoms with Gasteiger partial charge in [-0.05, 0) is 54.3 Å². The van der Waals surface area contributed by atoms with Gasteiger partial charge in [0.2, 0.25) is 0 Å². The molecule has 0 radical (unpaired) electrons. The number of amides is 1. The molecule has 6 nitrogen and oxygen atoms in total. The number of halogens is 1. The van der Waals surface area contributed by atoms with Gasteiger partial charge in [-0.3, -0.25) is 4.79 Å². The number of carbonyl (C=O) groups is 1. The normalized spacial score (nSPS) is 10.8. The Balaban J connectivity index is 1.67. The molecule has 3 rings (SSSR count). The molecule has 0 saturated carbocycles. The lowest BCUT2D eigenvalue weighted by atomic mass is 10.2. The van der Waals surface area contributed by atoms with E-state index in [1.54, 1.807) is 35.7 Å². The maximum Gasteiger partial charge on any atom is 0.267 e. The summed E-state index contributed by atoms with van der Waals surface area (Å²) in [4.78, 5) is 12.3. The van der Waals surface area contributed by atoms with Crippen LogP contribution in [0.3, 0.4) is 0 Å². The van der Waals surface area contributed by atoms with Gasteiger partial charge in [-0.15, -0.1) is 11.3 Å². The Labute approximate surface area is 176 Å². The van der Waals surface area contributed by atoms with Crippen molar-refractivity contribution in [3.8, 4) is 17.9 Å². The summed E-state index contributed by atoms with van der Waals surface area (Å²) >= 11 is 7.20. The van der Waals surface area contributed by atoms with Gasteiger partial charge in [0, 0.05) is 11.1 Å². The Morgan fingerprint density at radius 1 is 1.31 bits per heavy atom. The highest BCUT2D eigenvalue weighted by Gasteiger charge is 2.14. The summed E-state index contributed by atoms with van der Waals surface area (Å²) in [5.41, 5.74) is 1.11. The van der Waals surface area contributed by atoms with Crippen molar-refractivity contribution in [1.82, 2.24) is 0 Å². The molecule has 2 aromatic heterocycles. The summed E-state index contributed by atoms with van der Waals surface area (Å²) in [6.07, 6.45) is 1.34. The van der Waals surface area contributed by atoms with Gasteiger partial charge in [0.25, 0.3) is 5.91 Å². The van der Waals surface area contributed by atoms with Crippen LogP contribution in [0.15, 0.2) is 51.8 Å². The van der Waals surface area contributed by atoms with Gasteiger partial charge in [-0.25, -0.2) is 0 Å². The molecule has 1 amide bonds. The summed E-state index contributed by atoms with van der Waals surface area (Å²) in [5, 5.41) is 23.6. The van der Waals surface area contributed by atoms with Crippen molar-refractivity contribution in [2.24, 2.45) is 0 Å². The van der Waals surface area contributed by atoms with E-state index in [9.17, 15) is 10.1 Å². The molecule has 0 atom stereocenters. The lowest BCUT2D eigenvalue weighted by Crippen LogP contribution is -2.13. The smallest absolute Gasteiger partial charge is 0.267 e. The van der Waals surface area contributed by atoms with Crippen molar-refractivity contribution < 1.29 is 13.9 Å². The zero-order valence-corrected chi connectivity index (χ0v) is 16.8. The van der Waals surface area contributed by atoms with Gasteiger partial charge in [0.15, 0.2) is 0 Å². The first-order chi connectivity index (χ1) is 14.0. The molecule has 144 valence electrons. The molecular formula is C21H14ClN3O3S. The van der Waals surface area contributed by atoms with Crippen LogP contribution in [-0.4, -0.2) is 5.91 Å². The average Bonchev–Trinajstić information content (AvgIpc) is 3.35. The molecule has 0 aliphatic rings. The number of ether oxygens (including phenoxy) is 1. The third kappa shape index (κ3) is 5.05. The van der Waals surface area contributed by atoms with E-state index in [1.807, 2.05) is 25.1 Å². The van der Waals surface area contributed by atoms with Crippen LogP contribution >= 0.6 is 22.9 Å². The number of thiophene rings is 1. The molecule has 0 aliphatic carbocycles. The minimum atomic E-state index is -0.614. The maximum atomic E-state index is 12.3. The zero-order valence-electron chi connectivity index (χ0n) is 15.2. The molecule has 0 bridgehead atoms. The van der Waals surface area contributed by atoms with E-state index in [2.05, 4.69) is 5.32 Å². The first kappa shape index (κ1) is 20.2. The minimum Gasteiger partial charge on any atom is -0.486 e. The topological polar surface area (TPSA) is 99.0 Å². The second-order valence-electron chi connectivity index (χ2n) is 5.90. The van der Waals surface area contributed by atoms with Gasteiger partial charge >= 0.3 is 0 Å². The number of hydrogen-bond donors (Lipinski definition) is 1. The fraction of sp³-hybridized carbons (Fsp3) is 0.0952. The van der Waals surface area contributed by atoms with Gasteiger partial charge in [0.1, 0.15) is 46.6 Å². The Hall–Kier alpha value is -3.52. The van der Waals surface area contributed by atoms with Crippen LogP contribution in [0.4, 0.5) is 5.00 Å². The molecule has 0 saturated heterocycles. The summed E-state index contributed by atoms with van der Waals surface area (Å²) in [6.45, 7) is 2.07. The number of nitriles is 2. The molecule has 3 aromatic rings.